The number of nitrogens with zero attached hydrogens (tertiary/aromatic N) is 2. The summed E-state index contributed by atoms with van der Waals surface area (Å²) in [5.74, 6) is 5.61. The normalized spacial score (nSPS) is 19.3. The van der Waals surface area contributed by atoms with Crippen LogP contribution < -0.4 is 15.5 Å². The summed E-state index contributed by atoms with van der Waals surface area (Å²) in [4.78, 5) is 0.741. The molecule has 1 aliphatic rings. The molecule has 1 saturated heterocycles. The number of ether oxygens (including phenoxy) is 1. The smallest absolute Gasteiger partial charge is 0.415 e. The van der Waals surface area contributed by atoms with Crippen LogP contribution in [-0.4, -0.2) is 69.2 Å². The van der Waals surface area contributed by atoms with Crippen molar-refractivity contribution < 1.29 is 37.8 Å². The first-order chi connectivity index (χ1) is 17.3. The first-order valence-corrected chi connectivity index (χ1v) is 12.6. The number of benzene rings is 2. The van der Waals surface area contributed by atoms with Gasteiger partial charge in [-0.15, -0.1) is 11.8 Å². The van der Waals surface area contributed by atoms with E-state index in [-0.39, 0.29) is 18.0 Å². The Balaban J connectivity index is 1.61. The van der Waals surface area contributed by atoms with Gasteiger partial charge in [0.05, 0.1) is 36.2 Å². The molecule has 37 heavy (non-hydrogen) atoms. The Labute approximate surface area is 216 Å². The minimum Gasteiger partial charge on any atom is -0.415 e. The van der Waals surface area contributed by atoms with Gasteiger partial charge in [-0.25, -0.2) is 10.0 Å². The quantitative estimate of drug-likeness (QED) is 0.0986. The average molecular weight is 538 g/mol. The number of aliphatic hydroxyl groups is 3. The highest BCUT2D eigenvalue weighted by atomic mass is 32.2. The standard InChI is InChI=1S/C25H28F3N4O4S/c1-16-14-32(16,2)30-20-7-4-8-22-19(20)12-17(31(22)15-24(26,27)28)6-5-11-29-21-10-9-18(37-3)13-23(21)36-25(33,34)35/h4,7-10,12-13,16,29-30,33-35H,11,14-15H2,1-3H3/q+1. The predicted molar refractivity (Wildman–Crippen MR) is 136 cm³/mol. The van der Waals surface area contributed by atoms with E-state index in [1.54, 1.807) is 30.3 Å². The van der Waals surface area contributed by atoms with E-state index in [0.29, 0.717) is 27.2 Å². The van der Waals surface area contributed by atoms with Gasteiger partial charge in [-0.05, 0) is 55.5 Å². The molecule has 198 valence electrons. The molecule has 1 fully saturated rings. The first kappa shape index (κ1) is 27.0. The maximum atomic E-state index is 13.4. The van der Waals surface area contributed by atoms with Crippen molar-refractivity contribution in [3.8, 4) is 17.6 Å². The van der Waals surface area contributed by atoms with Gasteiger partial charge >= 0.3 is 12.3 Å². The largest absolute Gasteiger partial charge is 0.453 e. The fourth-order valence-corrected chi connectivity index (χ4v) is 4.48. The number of anilines is 2. The van der Waals surface area contributed by atoms with Crippen molar-refractivity contribution in [2.24, 2.45) is 0 Å². The Bertz CT molecular complexity index is 1360. The topological polar surface area (TPSA) is 98.9 Å². The number of nitrogens with one attached hydrogen (secondary N) is 2. The van der Waals surface area contributed by atoms with E-state index in [0.717, 1.165) is 21.7 Å². The molecule has 0 saturated carbocycles. The third-order valence-corrected chi connectivity index (χ3v) is 6.89. The van der Waals surface area contributed by atoms with Crippen molar-refractivity contribution in [2.75, 3.05) is 37.1 Å². The summed E-state index contributed by atoms with van der Waals surface area (Å²) in [5, 5.41) is 31.2. The van der Waals surface area contributed by atoms with Crippen LogP contribution in [-0.2, 0) is 6.54 Å². The monoisotopic (exact) mass is 537 g/mol. The van der Waals surface area contributed by atoms with E-state index in [1.165, 1.54) is 17.8 Å². The molecule has 0 spiro atoms. The van der Waals surface area contributed by atoms with Crippen LogP contribution in [0.5, 0.6) is 5.75 Å². The molecule has 5 N–H and O–H groups in total. The molecule has 0 radical (unpaired) electrons. The molecule has 3 aromatic rings. The van der Waals surface area contributed by atoms with Crippen molar-refractivity contribution in [1.82, 2.24) is 4.57 Å². The average Bonchev–Trinajstić information content (AvgIpc) is 3.23. The van der Waals surface area contributed by atoms with Gasteiger partial charge in [0.2, 0.25) is 0 Å². The molecule has 0 aliphatic carbocycles. The lowest BCUT2D eigenvalue weighted by atomic mass is 10.2. The molecule has 4 rings (SSSR count). The molecule has 2 unspecified atom stereocenters. The highest BCUT2D eigenvalue weighted by molar-refractivity contribution is 7.98. The fourth-order valence-electron chi connectivity index (χ4n) is 4.05. The number of fused-ring (bicyclic) bond motifs is 1. The van der Waals surface area contributed by atoms with Crippen molar-refractivity contribution in [3.63, 3.8) is 0 Å². The van der Waals surface area contributed by atoms with Gasteiger partial charge in [0.15, 0.2) is 18.3 Å². The number of aromatic nitrogens is 1. The van der Waals surface area contributed by atoms with E-state index in [2.05, 4.69) is 29.5 Å². The van der Waals surface area contributed by atoms with Gasteiger partial charge in [0.1, 0.15) is 6.54 Å². The maximum absolute atomic E-state index is 13.4. The second kappa shape index (κ2) is 10.00. The second-order valence-corrected chi connectivity index (χ2v) is 9.95. The van der Waals surface area contributed by atoms with Crippen molar-refractivity contribution in [1.29, 1.82) is 0 Å². The minimum atomic E-state index is -4.44. The molecule has 2 aromatic carbocycles. The number of hydrogen-bond donors (Lipinski definition) is 5. The minimum absolute atomic E-state index is 0.00931. The number of thioether (sulfide) groups is 1. The number of halogens is 3. The zero-order valence-electron chi connectivity index (χ0n) is 20.4. The summed E-state index contributed by atoms with van der Waals surface area (Å²) in [7, 11) is 2.03. The third kappa shape index (κ3) is 6.63. The van der Waals surface area contributed by atoms with Crippen LogP contribution in [0.2, 0.25) is 0 Å². The number of quaternary nitrogens is 1. The number of rotatable bonds is 8. The third-order valence-electron chi connectivity index (χ3n) is 6.16. The Kier molecular flexibility index (Phi) is 7.29. The van der Waals surface area contributed by atoms with Crippen LogP contribution in [0.1, 0.15) is 12.6 Å². The van der Waals surface area contributed by atoms with E-state index in [1.807, 2.05) is 19.4 Å². The molecule has 0 amide bonds. The number of hydrogen-bond acceptors (Lipinski definition) is 7. The SMILES string of the molecule is CSc1ccc(NCC#Cc2cc3c(N[N+]4(C)CC4C)cccc3n2CC(F)(F)F)c(OC(O)(O)O)c1. The first-order valence-electron chi connectivity index (χ1n) is 11.4. The van der Waals surface area contributed by atoms with Crippen LogP contribution in [0.3, 0.4) is 0 Å². The summed E-state index contributed by atoms with van der Waals surface area (Å²) in [5.41, 5.74) is 5.09. The fraction of sp³-hybridized carbons (Fsp3) is 0.360. The summed E-state index contributed by atoms with van der Waals surface area (Å²) in [6.45, 7) is 1.85. The molecule has 1 aromatic heterocycles. The molecular weight excluding hydrogens is 509 g/mol. The lowest BCUT2D eigenvalue weighted by molar-refractivity contribution is -0.766. The van der Waals surface area contributed by atoms with Crippen LogP contribution in [0.15, 0.2) is 47.4 Å². The molecule has 2 heterocycles. The van der Waals surface area contributed by atoms with Gasteiger partial charge < -0.3 is 29.9 Å². The zero-order chi connectivity index (χ0) is 27.0. The summed E-state index contributed by atoms with van der Waals surface area (Å²) in [6.07, 6.45) is -6.00. The van der Waals surface area contributed by atoms with Crippen LogP contribution in [0, 0.1) is 11.8 Å². The Hall–Kier alpha value is -3.08. The Morgan fingerprint density at radius 3 is 2.51 bits per heavy atom. The van der Waals surface area contributed by atoms with Gasteiger partial charge in [-0.1, -0.05) is 12.0 Å². The van der Waals surface area contributed by atoms with Gasteiger partial charge in [0.25, 0.3) is 0 Å². The van der Waals surface area contributed by atoms with E-state index in [4.69, 9.17) is 4.74 Å². The Morgan fingerprint density at radius 1 is 1.16 bits per heavy atom. The number of alkyl halides is 3. The van der Waals surface area contributed by atoms with Gasteiger partial charge in [-0.2, -0.15) is 13.2 Å². The number of likely N-dealkylation sites (N-methyl/N-ethyl adjacent to an activating group) is 1. The maximum Gasteiger partial charge on any atom is 0.453 e. The van der Waals surface area contributed by atoms with Crippen LogP contribution in [0.25, 0.3) is 10.9 Å². The summed E-state index contributed by atoms with van der Waals surface area (Å²) >= 11 is 1.38. The van der Waals surface area contributed by atoms with Crippen LogP contribution >= 0.6 is 11.8 Å². The Morgan fingerprint density at radius 2 is 1.89 bits per heavy atom. The van der Waals surface area contributed by atoms with E-state index < -0.39 is 18.9 Å². The van der Waals surface area contributed by atoms with Gasteiger partial charge in [-0.3, -0.25) is 0 Å². The second-order valence-electron chi connectivity index (χ2n) is 9.07. The van der Waals surface area contributed by atoms with Crippen LogP contribution in [0.4, 0.5) is 24.5 Å². The molecule has 1 aliphatic heterocycles. The predicted octanol–water partition coefficient (Wildman–Crippen LogP) is 3.53. The summed E-state index contributed by atoms with van der Waals surface area (Å²) < 4.78 is 46.8. The van der Waals surface area contributed by atoms with Gasteiger partial charge in [0, 0.05) is 10.3 Å². The van der Waals surface area contributed by atoms with E-state index in [9.17, 15) is 28.5 Å². The zero-order valence-corrected chi connectivity index (χ0v) is 21.2. The summed E-state index contributed by atoms with van der Waals surface area (Å²) in [6, 6.07) is 12.1. The van der Waals surface area contributed by atoms with E-state index >= 15 is 0 Å². The van der Waals surface area contributed by atoms with Crippen molar-refractivity contribution in [3.05, 3.63) is 48.2 Å². The molecule has 0 bridgehead atoms. The molecule has 2 atom stereocenters. The highest BCUT2D eigenvalue weighted by Crippen LogP contribution is 2.35. The lowest BCUT2D eigenvalue weighted by Gasteiger charge is -2.18. The molecule has 12 heteroatoms. The van der Waals surface area contributed by atoms with Crippen molar-refractivity contribution >= 4 is 34.0 Å². The molecule has 8 nitrogen and oxygen atoms in total. The van der Waals surface area contributed by atoms with Crippen molar-refractivity contribution in [2.45, 2.75) is 36.7 Å². The highest BCUT2D eigenvalue weighted by Gasteiger charge is 2.49. The lowest BCUT2D eigenvalue weighted by Crippen LogP contribution is -2.34. The molecular formula is C25H28F3N4O4S+.